The number of halogens is 4. The summed E-state index contributed by atoms with van der Waals surface area (Å²) in [5, 5.41) is 11.4. The monoisotopic (exact) mass is 615 g/mol. The first kappa shape index (κ1) is 22.5. The van der Waals surface area contributed by atoms with Gasteiger partial charge in [-0.2, -0.15) is 8.78 Å². The van der Waals surface area contributed by atoms with Gasteiger partial charge in [0.15, 0.2) is 0 Å². The van der Waals surface area contributed by atoms with Gasteiger partial charge in [-0.3, -0.25) is 4.79 Å². The van der Waals surface area contributed by atoms with E-state index in [-0.39, 0.29) is 16.8 Å². The molecule has 2 aromatic rings. The lowest BCUT2D eigenvalue weighted by Crippen LogP contribution is -2.38. The van der Waals surface area contributed by atoms with Crippen LogP contribution in [0.25, 0.3) is 0 Å². The van der Waals surface area contributed by atoms with Crippen LogP contribution in [-0.2, 0) is 14.3 Å². The van der Waals surface area contributed by atoms with Crippen LogP contribution in [0.2, 0.25) is 0 Å². The number of hydrogen-bond acceptors (Lipinski definition) is 4. The van der Waals surface area contributed by atoms with E-state index < -0.39 is 29.9 Å². The number of carboxylic acids is 1. The summed E-state index contributed by atoms with van der Waals surface area (Å²) in [5.74, 6) is -8.44. The lowest BCUT2D eigenvalue weighted by molar-refractivity contribution is -0.183. The number of carbonyl (C=O) groups excluding carboxylic acids is 2. The molecule has 0 aliphatic heterocycles. The molecule has 0 saturated heterocycles. The Morgan fingerprint density at radius 3 is 2.29 bits per heavy atom. The molecule has 1 amide bonds. The van der Waals surface area contributed by atoms with Gasteiger partial charge < -0.3 is 15.2 Å². The fourth-order valence-corrected chi connectivity index (χ4v) is 4.28. The van der Waals surface area contributed by atoms with Gasteiger partial charge in [0.2, 0.25) is 12.0 Å². The summed E-state index contributed by atoms with van der Waals surface area (Å²) in [6.07, 6.45) is -2.35. The van der Waals surface area contributed by atoms with Crippen LogP contribution in [0.3, 0.4) is 0 Å². The number of amides is 1. The number of carboxylic acid groups (broad SMARTS) is 1. The molecule has 148 valence electrons. The smallest absolute Gasteiger partial charge is 0.382 e. The van der Waals surface area contributed by atoms with Crippen LogP contribution in [0.1, 0.15) is 28.9 Å². The molecule has 28 heavy (non-hydrogen) atoms. The first-order chi connectivity index (χ1) is 13.0. The highest BCUT2D eigenvalue weighted by molar-refractivity contribution is 14.1. The number of esters is 1. The van der Waals surface area contributed by atoms with Gasteiger partial charge >= 0.3 is 17.9 Å². The van der Waals surface area contributed by atoms with E-state index in [4.69, 9.17) is 9.84 Å². The van der Waals surface area contributed by atoms with Crippen LogP contribution < -0.4 is 5.32 Å². The first-order valence-corrected chi connectivity index (χ1v) is 9.83. The quantitative estimate of drug-likeness (QED) is 0.370. The molecule has 2 rings (SSSR count). The molecule has 1 unspecified atom stereocenters. The maximum Gasteiger partial charge on any atom is 0.382 e. The number of carbonyl (C=O) groups is 3. The zero-order chi connectivity index (χ0) is 21.1. The number of ether oxygens (including phenoxy) is 1. The van der Waals surface area contributed by atoms with Crippen LogP contribution in [0, 0.1) is 7.14 Å². The van der Waals surface area contributed by atoms with E-state index in [1.54, 1.807) is 12.1 Å². The number of nitrogens with one attached hydrogen (secondary N) is 1. The molecule has 0 saturated carbocycles. The summed E-state index contributed by atoms with van der Waals surface area (Å²) in [6.45, 7) is 1.23. The second-order valence-corrected chi connectivity index (χ2v) is 8.02. The molecule has 6 nitrogen and oxygen atoms in total. The van der Waals surface area contributed by atoms with Crippen LogP contribution in [0.4, 0.5) is 14.5 Å². The van der Waals surface area contributed by atoms with E-state index in [0.717, 1.165) is 0 Å². The maximum atomic E-state index is 14.3. The Morgan fingerprint density at radius 2 is 1.75 bits per heavy atom. The minimum Gasteiger partial charge on any atom is -0.477 e. The molecule has 10 heteroatoms. The van der Waals surface area contributed by atoms with Crippen molar-refractivity contribution in [1.82, 2.24) is 0 Å². The topological polar surface area (TPSA) is 92.7 Å². The summed E-state index contributed by atoms with van der Waals surface area (Å²) in [7, 11) is 0. The van der Waals surface area contributed by atoms with Gasteiger partial charge in [-0.1, -0.05) is 30.3 Å². The Hall–Kier alpha value is -1.83. The average molecular weight is 615 g/mol. The Labute approximate surface area is 185 Å². The predicted molar refractivity (Wildman–Crippen MR) is 113 cm³/mol. The number of rotatable bonds is 6. The van der Waals surface area contributed by atoms with Crippen molar-refractivity contribution in [2.75, 3.05) is 5.32 Å². The van der Waals surface area contributed by atoms with Crippen LogP contribution >= 0.6 is 45.2 Å². The predicted octanol–water partition coefficient (Wildman–Crippen LogP) is 4.47. The SMILES string of the molecule is CC(=O)Nc1c(I)cc(I)cc1C(=O)OC(c1ccccc1)C(F)(F)C(=O)O. The highest BCUT2D eigenvalue weighted by Gasteiger charge is 2.51. The number of alkyl halides is 2. The zero-order valence-electron chi connectivity index (χ0n) is 14.2. The average Bonchev–Trinajstić information content (AvgIpc) is 2.61. The fourth-order valence-electron chi connectivity index (χ4n) is 2.30. The summed E-state index contributed by atoms with van der Waals surface area (Å²) in [5.41, 5.74) is -0.234. The molecule has 0 bridgehead atoms. The van der Waals surface area contributed by atoms with Crippen molar-refractivity contribution >= 4 is 68.7 Å². The molecule has 2 aromatic carbocycles. The molecule has 0 aliphatic rings. The van der Waals surface area contributed by atoms with E-state index in [9.17, 15) is 23.2 Å². The van der Waals surface area contributed by atoms with Gasteiger partial charge in [0.1, 0.15) is 0 Å². The van der Waals surface area contributed by atoms with E-state index in [1.165, 1.54) is 37.3 Å². The van der Waals surface area contributed by atoms with E-state index >= 15 is 0 Å². The number of hydrogen-bond donors (Lipinski definition) is 2. The fraction of sp³-hybridized carbons (Fsp3) is 0.167. The van der Waals surface area contributed by atoms with Crippen molar-refractivity contribution < 1.29 is 33.0 Å². The largest absolute Gasteiger partial charge is 0.477 e. The first-order valence-electron chi connectivity index (χ1n) is 7.67. The third-order valence-electron chi connectivity index (χ3n) is 3.52. The lowest BCUT2D eigenvalue weighted by Gasteiger charge is -2.24. The molecule has 0 fully saturated rings. The highest BCUT2D eigenvalue weighted by atomic mass is 127. The summed E-state index contributed by atoms with van der Waals surface area (Å²) in [4.78, 5) is 35.2. The molecule has 0 heterocycles. The van der Waals surface area contributed by atoms with Crippen molar-refractivity contribution in [1.29, 1.82) is 0 Å². The van der Waals surface area contributed by atoms with Gasteiger partial charge in [0, 0.05) is 14.1 Å². The molecular formula is C18H13F2I2NO5. The van der Waals surface area contributed by atoms with Crippen molar-refractivity contribution in [3.8, 4) is 0 Å². The third-order valence-corrected chi connectivity index (χ3v) is 4.99. The Bertz CT molecular complexity index is 922. The van der Waals surface area contributed by atoms with Crippen molar-refractivity contribution in [2.45, 2.75) is 19.0 Å². The van der Waals surface area contributed by atoms with Gasteiger partial charge in [-0.15, -0.1) is 0 Å². The van der Waals surface area contributed by atoms with Crippen molar-refractivity contribution in [2.24, 2.45) is 0 Å². The van der Waals surface area contributed by atoms with E-state index in [0.29, 0.717) is 7.14 Å². The molecule has 1 atom stereocenters. The zero-order valence-corrected chi connectivity index (χ0v) is 18.5. The highest BCUT2D eigenvalue weighted by Crippen LogP contribution is 2.37. The van der Waals surface area contributed by atoms with E-state index in [2.05, 4.69) is 5.32 Å². The number of benzene rings is 2. The standard InChI is InChI=1S/C18H13F2I2NO5/c1-9(24)23-14-12(7-11(21)8-13(14)22)16(25)28-15(18(19,20)17(26)27)10-5-3-2-4-6-10/h2-8,15H,1H3,(H,23,24)(H,26,27). The maximum absolute atomic E-state index is 14.3. The summed E-state index contributed by atoms with van der Waals surface area (Å²) in [6, 6.07) is 9.90. The molecule has 0 aromatic heterocycles. The molecule has 2 N–H and O–H groups in total. The minimum atomic E-state index is -4.36. The molecule has 0 spiro atoms. The molecular weight excluding hydrogens is 602 g/mol. The normalized spacial score (nSPS) is 12.2. The van der Waals surface area contributed by atoms with Crippen molar-refractivity contribution in [3.05, 3.63) is 60.7 Å². The number of aliphatic carboxylic acids is 1. The van der Waals surface area contributed by atoms with Gasteiger partial charge in [0.05, 0.1) is 11.3 Å². The van der Waals surface area contributed by atoms with Gasteiger partial charge in [0.25, 0.3) is 0 Å². The summed E-state index contributed by atoms with van der Waals surface area (Å²) < 4.78 is 34.6. The van der Waals surface area contributed by atoms with Crippen LogP contribution in [0.15, 0.2) is 42.5 Å². The van der Waals surface area contributed by atoms with Crippen LogP contribution in [0.5, 0.6) is 0 Å². The Morgan fingerprint density at radius 1 is 1.14 bits per heavy atom. The second-order valence-electron chi connectivity index (χ2n) is 5.62. The third kappa shape index (κ3) is 5.16. The minimum absolute atomic E-state index is 0.101. The molecule has 0 radical (unpaired) electrons. The molecule has 0 aliphatic carbocycles. The van der Waals surface area contributed by atoms with E-state index in [1.807, 2.05) is 45.2 Å². The number of anilines is 1. The Kier molecular flexibility index (Phi) is 7.31. The van der Waals surface area contributed by atoms with Crippen molar-refractivity contribution in [3.63, 3.8) is 0 Å². The Balaban J connectivity index is 2.50. The second kappa shape index (κ2) is 9.11. The summed E-state index contributed by atoms with van der Waals surface area (Å²) >= 11 is 3.80. The van der Waals surface area contributed by atoms with Gasteiger partial charge in [-0.05, 0) is 62.9 Å². The lowest BCUT2D eigenvalue weighted by atomic mass is 10.0. The van der Waals surface area contributed by atoms with Crippen LogP contribution in [-0.4, -0.2) is 28.9 Å². The van der Waals surface area contributed by atoms with Gasteiger partial charge in [-0.25, -0.2) is 9.59 Å².